The van der Waals surface area contributed by atoms with Crippen molar-refractivity contribution in [3.8, 4) is 0 Å². The zero-order valence-corrected chi connectivity index (χ0v) is 34.8. The van der Waals surface area contributed by atoms with Crippen LogP contribution in [0.15, 0.2) is 35.7 Å². The fourth-order valence-electron chi connectivity index (χ4n) is 7.74. The van der Waals surface area contributed by atoms with Gasteiger partial charge in [0.05, 0.1) is 43.0 Å². The number of aliphatic hydroxyl groups is 2. The molecular formula is C41H65N7O7S. The molecule has 2 fully saturated rings. The highest BCUT2D eigenvalue weighted by molar-refractivity contribution is 7.13. The number of nitrogen functional groups attached to an aromatic ring is 1. The number of urea groups is 1. The minimum atomic E-state index is -1.33. The number of hydrogen-bond acceptors (Lipinski definition) is 10. The van der Waals surface area contributed by atoms with Crippen LogP contribution in [-0.4, -0.2) is 137 Å². The van der Waals surface area contributed by atoms with E-state index in [9.17, 15) is 24.6 Å². The molecule has 1 aliphatic carbocycles. The molecule has 5 amide bonds. The van der Waals surface area contributed by atoms with Crippen LogP contribution in [0.5, 0.6) is 0 Å². The van der Waals surface area contributed by atoms with E-state index in [0.717, 1.165) is 37.7 Å². The van der Waals surface area contributed by atoms with E-state index in [4.69, 9.17) is 10.5 Å². The number of nitrogens with one attached hydrogen (secondary N) is 1. The van der Waals surface area contributed by atoms with Crippen molar-refractivity contribution in [2.75, 3.05) is 65.8 Å². The van der Waals surface area contributed by atoms with Gasteiger partial charge in [-0.05, 0) is 37.2 Å². The number of benzene rings is 1. The van der Waals surface area contributed by atoms with Gasteiger partial charge < -0.3 is 45.6 Å². The lowest BCUT2D eigenvalue weighted by molar-refractivity contribution is -0.151. The lowest BCUT2D eigenvalue weighted by Crippen LogP contribution is -2.57. The average molecular weight is 800 g/mol. The molecule has 4 rings (SSSR count). The fraction of sp³-hybridized carbons (Fsp3) is 0.683. The Bertz CT molecular complexity index is 1530. The van der Waals surface area contributed by atoms with E-state index in [-0.39, 0.29) is 68.2 Å². The number of aromatic nitrogens is 1. The quantitative estimate of drug-likeness (QED) is 0.164. The second kappa shape index (κ2) is 22.2. The van der Waals surface area contributed by atoms with Gasteiger partial charge in [0, 0.05) is 58.5 Å². The van der Waals surface area contributed by atoms with Gasteiger partial charge in [0.15, 0.2) is 5.13 Å². The number of carbonyl (C=O) groups excluding carboxylic acids is 4. The summed E-state index contributed by atoms with van der Waals surface area (Å²) in [5.74, 6) is -1.89. The molecule has 0 unspecified atom stereocenters. The van der Waals surface area contributed by atoms with Gasteiger partial charge in [0.1, 0.15) is 12.6 Å². The number of thiazole rings is 1. The van der Waals surface area contributed by atoms with E-state index in [0.29, 0.717) is 50.0 Å². The van der Waals surface area contributed by atoms with Crippen LogP contribution >= 0.6 is 11.3 Å². The Kier molecular flexibility index (Phi) is 17.8. The van der Waals surface area contributed by atoms with Crippen molar-refractivity contribution in [3.63, 3.8) is 0 Å². The van der Waals surface area contributed by atoms with Gasteiger partial charge in [0.2, 0.25) is 17.7 Å². The van der Waals surface area contributed by atoms with Crippen LogP contribution in [0.3, 0.4) is 0 Å². The molecule has 2 heterocycles. The highest BCUT2D eigenvalue weighted by Crippen LogP contribution is 2.32. The Morgan fingerprint density at radius 1 is 1.00 bits per heavy atom. The van der Waals surface area contributed by atoms with Crippen molar-refractivity contribution in [1.82, 2.24) is 29.9 Å². The molecule has 5 N–H and O–H groups in total. The molecule has 15 heteroatoms. The second-order valence-corrected chi connectivity index (χ2v) is 17.0. The van der Waals surface area contributed by atoms with Crippen LogP contribution in [0, 0.1) is 17.8 Å². The molecule has 14 nitrogen and oxygen atoms in total. The van der Waals surface area contributed by atoms with E-state index >= 15 is 4.79 Å². The zero-order valence-electron chi connectivity index (χ0n) is 34.0. The maximum Gasteiger partial charge on any atom is 0.319 e. The van der Waals surface area contributed by atoms with Crippen LogP contribution in [0.4, 0.5) is 9.93 Å². The van der Waals surface area contributed by atoms with Crippen molar-refractivity contribution in [2.24, 2.45) is 17.8 Å². The first-order chi connectivity index (χ1) is 26.7. The van der Waals surface area contributed by atoms with Gasteiger partial charge >= 0.3 is 6.03 Å². The Morgan fingerprint density at radius 3 is 2.29 bits per heavy atom. The number of amides is 5. The molecule has 312 valence electrons. The first-order valence-electron chi connectivity index (χ1n) is 20.3. The first-order valence-corrected chi connectivity index (χ1v) is 21.1. The number of morpholine rings is 1. The molecule has 2 aromatic rings. The van der Waals surface area contributed by atoms with Crippen LogP contribution in [0.25, 0.3) is 0 Å². The molecule has 1 saturated carbocycles. The van der Waals surface area contributed by atoms with Gasteiger partial charge in [-0.15, -0.1) is 11.3 Å². The number of rotatable bonds is 19. The Labute approximate surface area is 336 Å². The van der Waals surface area contributed by atoms with E-state index in [1.807, 2.05) is 51.1 Å². The number of likely N-dealkylation sites (N-methyl/N-ethyl adjacent to an activating group) is 2. The maximum absolute atomic E-state index is 15.1. The van der Waals surface area contributed by atoms with Gasteiger partial charge in [-0.2, -0.15) is 0 Å². The molecule has 1 aromatic carbocycles. The molecule has 56 heavy (non-hydrogen) atoms. The third kappa shape index (κ3) is 13.7. The predicted molar refractivity (Wildman–Crippen MR) is 218 cm³/mol. The Hall–Kier alpha value is -3.79. The smallest absolute Gasteiger partial charge is 0.319 e. The van der Waals surface area contributed by atoms with Crippen LogP contribution in [-0.2, 0) is 25.5 Å². The number of ether oxygens (including phenoxy) is 1. The fourth-order valence-corrected chi connectivity index (χ4v) is 8.31. The molecule has 5 atom stereocenters. The number of hydrogen-bond donors (Lipinski definition) is 4. The third-order valence-electron chi connectivity index (χ3n) is 11.1. The van der Waals surface area contributed by atoms with E-state index in [1.165, 1.54) is 21.1 Å². The van der Waals surface area contributed by atoms with E-state index in [2.05, 4.69) is 10.3 Å². The van der Waals surface area contributed by atoms with Crippen molar-refractivity contribution >= 4 is 40.2 Å². The van der Waals surface area contributed by atoms with Crippen molar-refractivity contribution in [3.05, 3.63) is 47.0 Å². The minimum absolute atomic E-state index is 0.0715. The summed E-state index contributed by atoms with van der Waals surface area (Å²) >= 11 is 1.24. The van der Waals surface area contributed by atoms with Crippen molar-refractivity contribution in [1.29, 1.82) is 0 Å². The normalized spacial score (nSPS) is 17.8. The zero-order chi connectivity index (χ0) is 40.8. The third-order valence-corrected chi connectivity index (χ3v) is 11.8. The largest absolute Gasteiger partial charge is 0.390 e. The summed E-state index contributed by atoms with van der Waals surface area (Å²) in [6.45, 7) is 7.85. The molecule has 1 aliphatic heterocycles. The SMILES string of the molecule is CC(C)C[C@H](O)[C@H](O)[C@H](CC1CCCCC1)N(CC(=O)N(C)CCN(C)C(=O)N1CCOCC1)C(=O)[C@@H](CC(=O)N[C@@H](C)c1ccccc1)Cc1csc(N)n1. The monoisotopic (exact) mass is 799 g/mol. The number of anilines is 1. The van der Waals surface area contributed by atoms with E-state index in [1.54, 1.807) is 29.3 Å². The van der Waals surface area contributed by atoms with Gasteiger partial charge in [-0.25, -0.2) is 9.78 Å². The molecule has 1 saturated heterocycles. The topological polar surface area (TPSA) is 182 Å². The van der Waals surface area contributed by atoms with E-state index < -0.39 is 30.1 Å². The van der Waals surface area contributed by atoms with Crippen LogP contribution < -0.4 is 11.1 Å². The van der Waals surface area contributed by atoms with Crippen molar-refractivity contribution < 1.29 is 34.1 Å². The number of aliphatic hydroxyl groups excluding tert-OH is 2. The molecule has 0 radical (unpaired) electrons. The lowest BCUT2D eigenvalue weighted by atomic mass is 9.81. The predicted octanol–water partition coefficient (Wildman–Crippen LogP) is 3.93. The standard InChI is InChI=1S/C41H65N7O7S/c1-28(2)22-35(49)38(52)34(23-30-12-8-6-9-13-30)48(26-37(51)45(4)16-17-46(5)41(54)47-18-20-55-21-19-47)39(53)32(24-33-27-56-40(42)44-33)25-36(50)43-29(3)31-14-10-7-11-15-31/h7,10-11,14-15,27-30,32,34-35,38,49,52H,6,8-9,12-13,16-26H2,1-5H3,(H2,42,44)(H,43,50)/t29-,32+,34-,35-,38+/m0/s1. The summed E-state index contributed by atoms with van der Waals surface area (Å²) in [5.41, 5.74) is 7.45. The Balaban J connectivity index is 1.64. The molecule has 0 spiro atoms. The number of nitrogens with zero attached hydrogens (tertiary/aromatic N) is 5. The van der Waals surface area contributed by atoms with Gasteiger partial charge in [-0.1, -0.05) is 76.3 Å². The minimum Gasteiger partial charge on any atom is -0.390 e. The maximum atomic E-state index is 15.1. The summed E-state index contributed by atoms with van der Waals surface area (Å²) in [4.78, 5) is 66.7. The molecule has 0 bridgehead atoms. The van der Waals surface area contributed by atoms with Crippen LogP contribution in [0.1, 0.15) is 89.4 Å². The molecule has 1 aromatic heterocycles. The second-order valence-electron chi connectivity index (χ2n) is 16.1. The summed E-state index contributed by atoms with van der Waals surface area (Å²) in [5, 5.41) is 28.5. The first kappa shape index (κ1) is 44.9. The lowest BCUT2D eigenvalue weighted by Gasteiger charge is -2.41. The average Bonchev–Trinajstić information content (AvgIpc) is 3.61. The summed E-state index contributed by atoms with van der Waals surface area (Å²) in [7, 11) is 3.32. The number of nitrogens with two attached hydrogens (primary N) is 1. The van der Waals surface area contributed by atoms with Gasteiger partial charge in [-0.3, -0.25) is 14.4 Å². The highest BCUT2D eigenvalue weighted by atomic mass is 32.1. The summed E-state index contributed by atoms with van der Waals surface area (Å²) in [6, 6.07) is 8.18. The van der Waals surface area contributed by atoms with Gasteiger partial charge in [0.25, 0.3) is 0 Å². The summed E-state index contributed by atoms with van der Waals surface area (Å²) in [6.07, 6.45) is 3.16. The molecular weight excluding hydrogens is 735 g/mol. The van der Waals surface area contributed by atoms with Crippen molar-refractivity contribution in [2.45, 2.75) is 103 Å². The number of carbonyl (C=O) groups is 4. The Morgan fingerprint density at radius 2 is 1.66 bits per heavy atom. The highest BCUT2D eigenvalue weighted by Gasteiger charge is 2.40. The summed E-state index contributed by atoms with van der Waals surface area (Å²) < 4.78 is 5.38. The van der Waals surface area contributed by atoms with Crippen LogP contribution in [0.2, 0.25) is 0 Å². The molecule has 2 aliphatic rings.